The number of hydrogen-bond donors (Lipinski definition) is 0. The van der Waals surface area contributed by atoms with Crippen molar-refractivity contribution in [3.05, 3.63) is 0 Å². The fourth-order valence-electron chi connectivity index (χ4n) is 0.843. The largest absolute Gasteiger partial charge is 0.307 e. The van der Waals surface area contributed by atoms with Crippen LogP contribution in [0.1, 0.15) is 6.92 Å². The van der Waals surface area contributed by atoms with Crippen molar-refractivity contribution in [2.75, 3.05) is 26.9 Å². The van der Waals surface area contributed by atoms with Gasteiger partial charge in [0.25, 0.3) is 10.1 Å². The Morgan fingerprint density at radius 2 is 1.91 bits per heavy atom. The summed E-state index contributed by atoms with van der Waals surface area (Å²) in [6.45, 7) is 2.33. The Morgan fingerprint density at radius 3 is 2.18 bits per heavy atom. The zero-order valence-corrected chi connectivity index (χ0v) is 8.18. The molecule has 0 aromatic carbocycles. The van der Waals surface area contributed by atoms with E-state index in [1.807, 2.05) is 19.0 Å². The lowest BCUT2D eigenvalue weighted by molar-refractivity contribution is 0.185. The first-order chi connectivity index (χ1) is 4.81. The molecular weight excluding hydrogens is 166 g/mol. The predicted octanol–water partition coefficient (Wildman–Crippen LogP) is -0.0873. The lowest BCUT2D eigenvalue weighted by Gasteiger charge is -2.15. The van der Waals surface area contributed by atoms with Gasteiger partial charge in [0.2, 0.25) is 0 Å². The molecule has 0 saturated heterocycles. The molecule has 0 aliphatic heterocycles. The van der Waals surface area contributed by atoms with E-state index < -0.39 is 10.1 Å². The average Bonchev–Trinajstić information content (AvgIpc) is 1.53. The van der Waals surface area contributed by atoms with Crippen LogP contribution in [0.2, 0.25) is 0 Å². The topological polar surface area (TPSA) is 46.6 Å². The van der Waals surface area contributed by atoms with E-state index in [2.05, 4.69) is 4.18 Å². The highest BCUT2D eigenvalue weighted by Crippen LogP contribution is 1.97. The summed E-state index contributed by atoms with van der Waals surface area (Å²) < 4.78 is 25.8. The zero-order chi connectivity index (χ0) is 9.07. The van der Waals surface area contributed by atoms with Crippen molar-refractivity contribution < 1.29 is 12.6 Å². The zero-order valence-electron chi connectivity index (χ0n) is 7.36. The fourth-order valence-corrected chi connectivity index (χ4v) is 1.50. The molecule has 0 amide bonds. The van der Waals surface area contributed by atoms with E-state index in [-0.39, 0.29) is 6.10 Å². The summed E-state index contributed by atoms with van der Waals surface area (Å²) in [6.07, 6.45) is 0.777. The summed E-state index contributed by atoms with van der Waals surface area (Å²) in [5.41, 5.74) is 0. The lowest BCUT2D eigenvalue weighted by Crippen LogP contribution is -2.27. The molecule has 0 radical (unpaired) electrons. The third kappa shape index (κ3) is 7.77. The Labute approximate surface area is 68.3 Å². The minimum Gasteiger partial charge on any atom is -0.307 e. The van der Waals surface area contributed by atoms with Crippen LogP contribution in [0.3, 0.4) is 0 Å². The normalized spacial score (nSPS) is 15.4. The molecule has 0 aromatic heterocycles. The summed E-state index contributed by atoms with van der Waals surface area (Å²) in [4.78, 5) is 1.87. The minimum absolute atomic E-state index is 0.278. The molecular formula is C6H15NO3S. The van der Waals surface area contributed by atoms with Crippen molar-refractivity contribution in [1.29, 1.82) is 0 Å². The molecule has 5 heteroatoms. The van der Waals surface area contributed by atoms with Crippen LogP contribution in [-0.2, 0) is 14.3 Å². The van der Waals surface area contributed by atoms with Crippen LogP contribution in [-0.4, -0.2) is 46.3 Å². The Bertz CT molecular complexity index is 198. The molecule has 1 unspecified atom stereocenters. The van der Waals surface area contributed by atoms with E-state index in [0.717, 1.165) is 6.26 Å². The van der Waals surface area contributed by atoms with Crippen LogP contribution in [0, 0.1) is 0 Å². The van der Waals surface area contributed by atoms with Gasteiger partial charge in [-0.2, -0.15) is 8.42 Å². The van der Waals surface area contributed by atoms with Gasteiger partial charge in [0, 0.05) is 6.54 Å². The van der Waals surface area contributed by atoms with Gasteiger partial charge in [-0.25, -0.2) is 0 Å². The van der Waals surface area contributed by atoms with Gasteiger partial charge in [0.05, 0.1) is 12.4 Å². The van der Waals surface area contributed by atoms with Crippen LogP contribution in [0.5, 0.6) is 0 Å². The van der Waals surface area contributed by atoms with Crippen molar-refractivity contribution in [2.45, 2.75) is 13.0 Å². The monoisotopic (exact) mass is 181 g/mol. The summed E-state index contributed by atoms with van der Waals surface area (Å²) in [5, 5.41) is 0. The number of hydrogen-bond acceptors (Lipinski definition) is 4. The first kappa shape index (κ1) is 10.9. The standard InChI is InChI=1S/C6H15NO3S/c1-6(5-7(2)3)10-11(4,8)9/h6H,5H2,1-4H3. The maximum atomic E-state index is 10.6. The van der Waals surface area contributed by atoms with Crippen LogP contribution in [0.15, 0.2) is 0 Å². The number of likely N-dealkylation sites (N-methyl/N-ethyl adjacent to an activating group) is 1. The highest BCUT2D eigenvalue weighted by Gasteiger charge is 2.10. The highest BCUT2D eigenvalue weighted by atomic mass is 32.2. The van der Waals surface area contributed by atoms with E-state index in [4.69, 9.17) is 0 Å². The summed E-state index contributed by atoms with van der Waals surface area (Å²) in [5.74, 6) is 0. The Morgan fingerprint density at radius 1 is 1.45 bits per heavy atom. The minimum atomic E-state index is -3.30. The van der Waals surface area contributed by atoms with Gasteiger partial charge in [-0.15, -0.1) is 0 Å². The Balaban J connectivity index is 3.80. The SMILES string of the molecule is CC(CN(C)C)OS(C)(=O)=O. The van der Waals surface area contributed by atoms with Crippen LogP contribution >= 0.6 is 0 Å². The van der Waals surface area contributed by atoms with Gasteiger partial charge in [-0.05, 0) is 21.0 Å². The van der Waals surface area contributed by atoms with Crippen LogP contribution in [0.4, 0.5) is 0 Å². The van der Waals surface area contributed by atoms with Crippen LogP contribution < -0.4 is 0 Å². The fraction of sp³-hybridized carbons (Fsp3) is 1.00. The van der Waals surface area contributed by atoms with E-state index in [0.29, 0.717) is 6.54 Å². The van der Waals surface area contributed by atoms with Gasteiger partial charge in [0.15, 0.2) is 0 Å². The maximum absolute atomic E-state index is 10.6. The van der Waals surface area contributed by atoms with E-state index in [1.165, 1.54) is 0 Å². The third-order valence-electron chi connectivity index (χ3n) is 0.961. The van der Waals surface area contributed by atoms with Gasteiger partial charge in [-0.1, -0.05) is 0 Å². The molecule has 1 atom stereocenters. The maximum Gasteiger partial charge on any atom is 0.264 e. The number of nitrogens with zero attached hydrogens (tertiary/aromatic N) is 1. The smallest absolute Gasteiger partial charge is 0.264 e. The molecule has 0 spiro atoms. The first-order valence-electron chi connectivity index (χ1n) is 3.34. The van der Waals surface area contributed by atoms with Crippen molar-refractivity contribution in [3.63, 3.8) is 0 Å². The van der Waals surface area contributed by atoms with Crippen molar-refractivity contribution in [3.8, 4) is 0 Å². The molecule has 68 valence electrons. The molecule has 0 aliphatic carbocycles. The Hall–Kier alpha value is -0.130. The molecule has 0 aromatic rings. The summed E-state index contributed by atoms with van der Waals surface area (Å²) in [7, 11) is 0.431. The van der Waals surface area contributed by atoms with Crippen LogP contribution in [0.25, 0.3) is 0 Å². The Kier molecular flexibility index (Phi) is 3.99. The second-order valence-corrected chi connectivity index (χ2v) is 4.47. The molecule has 0 bridgehead atoms. The van der Waals surface area contributed by atoms with Gasteiger partial charge in [-0.3, -0.25) is 4.18 Å². The molecule has 0 heterocycles. The average molecular weight is 181 g/mol. The molecule has 4 nitrogen and oxygen atoms in total. The molecule has 0 saturated carbocycles. The van der Waals surface area contributed by atoms with Gasteiger partial charge in [0.1, 0.15) is 0 Å². The predicted molar refractivity (Wildman–Crippen MR) is 43.9 cm³/mol. The highest BCUT2D eigenvalue weighted by molar-refractivity contribution is 7.86. The van der Waals surface area contributed by atoms with Crippen molar-refractivity contribution in [1.82, 2.24) is 4.90 Å². The second kappa shape index (κ2) is 4.04. The number of rotatable bonds is 4. The van der Waals surface area contributed by atoms with E-state index >= 15 is 0 Å². The third-order valence-corrected chi connectivity index (χ3v) is 1.64. The molecule has 0 fully saturated rings. The van der Waals surface area contributed by atoms with Crippen molar-refractivity contribution >= 4 is 10.1 Å². The second-order valence-electron chi connectivity index (χ2n) is 2.87. The first-order valence-corrected chi connectivity index (χ1v) is 5.16. The summed E-state index contributed by atoms with van der Waals surface area (Å²) >= 11 is 0. The lowest BCUT2D eigenvalue weighted by atomic mass is 10.4. The van der Waals surface area contributed by atoms with Gasteiger partial charge >= 0.3 is 0 Å². The van der Waals surface area contributed by atoms with E-state index in [9.17, 15) is 8.42 Å². The van der Waals surface area contributed by atoms with Crippen molar-refractivity contribution in [2.24, 2.45) is 0 Å². The van der Waals surface area contributed by atoms with E-state index in [1.54, 1.807) is 6.92 Å². The van der Waals surface area contributed by atoms with Gasteiger partial charge < -0.3 is 4.90 Å². The molecule has 0 N–H and O–H groups in total. The molecule has 11 heavy (non-hydrogen) atoms. The molecule has 0 rings (SSSR count). The summed E-state index contributed by atoms with van der Waals surface area (Å²) in [6, 6.07) is 0. The molecule has 0 aliphatic rings. The quantitative estimate of drug-likeness (QED) is 0.569.